The minimum absolute atomic E-state index is 0.300. The second kappa shape index (κ2) is 7.25. The molecule has 1 fully saturated rings. The van der Waals surface area contributed by atoms with Crippen LogP contribution in [0.1, 0.15) is 23.8 Å². The van der Waals surface area contributed by atoms with Crippen LogP contribution in [0.3, 0.4) is 0 Å². The molecule has 0 radical (unpaired) electrons. The standard InChI is InChI=1S/C20H23N5O/c1-24(2)18-7-5-15(6-8-18)13-25-11-9-17(14-25)20-23-22-19(26-20)16-4-3-10-21-12-16/h3-8,10,12,17H,9,11,13-14H2,1-2H3/t17-/m0/s1. The van der Waals surface area contributed by atoms with Crippen LogP contribution in [-0.2, 0) is 6.54 Å². The fraction of sp³-hybridized carbons (Fsp3) is 0.350. The fourth-order valence-corrected chi connectivity index (χ4v) is 3.34. The van der Waals surface area contributed by atoms with Gasteiger partial charge >= 0.3 is 0 Å². The second-order valence-corrected chi connectivity index (χ2v) is 6.97. The molecule has 6 nitrogen and oxygen atoms in total. The van der Waals surface area contributed by atoms with Crippen molar-refractivity contribution in [1.82, 2.24) is 20.1 Å². The molecule has 2 aromatic heterocycles. The molecule has 0 saturated carbocycles. The van der Waals surface area contributed by atoms with Gasteiger partial charge in [-0.05, 0) is 42.8 Å². The molecule has 0 spiro atoms. The fourth-order valence-electron chi connectivity index (χ4n) is 3.34. The zero-order valence-electron chi connectivity index (χ0n) is 15.2. The third-order valence-corrected chi connectivity index (χ3v) is 4.83. The van der Waals surface area contributed by atoms with Crippen LogP contribution in [0.5, 0.6) is 0 Å². The highest BCUT2D eigenvalue weighted by Gasteiger charge is 2.28. The van der Waals surface area contributed by atoms with Crippen molar-refractivity contribution < 1.29 is 4.42 Å². The normalized spacial score (nSPS) is 17.5. The lowest BCUT2D eigenvalue weighted by Crippen LogP contribution is -2.20. The van der Waals surface area contributed by atoms with Crippen LogP contribution in [0.2, 0.25) is 0 Å². The van der Waals surface area contributed by atoms with Crippen LogP contribution in [0, 0.1) is 0 Å². The number of anilines is 1. The Hall–Kier alpha value is -2.73. The Morgan fingerprint density at radius 1 is 1.15 bits per heavy atom. The summed E-state index contributed by atoms with van der Waals surface area (Å²) in [6.07, 6.45) is 4.53. The zero-order valence-corrected chi connectivity index (χ0v) is 15.2. The summed E-state index contributed by atoms with van der Waals surface area (Å²) in [5.74, 6) is 1.58. The van der Waals surface area contributed by atoms with Gasteiger partial charge in [-0.1, -0.05) is 12.1 Å². The maximum absolute atomic E-state index is 5.90. The maximum Gasteiger partial charge on any atom is 0.249 e. The van der Waals surface area contributed by atoms with Crippen molar-refractivity contribution in [3.8, 4) is 11.5 Å². The number of hydrogen-bond donors (Lipinski definition) is 0. The van der Waals surface area contributed by atoms with Gasteiger partial charge in [-0.2, -0.15) is 0 Å². The molecular formula is C20H23N5O. The molecule has 1 saturated heterocycles. The molecule has 0 bridgehead atoms. The predicted molar refractivity (Wildman–Crippen MR) is 101 cm³/mol. The minimum Gasteiger partial charge on any atom is -0.420 e. The lowest BCUT2D eigenvalue weighted by atomic mass is 10.1. The average Bonchev–Trinajstić information content (AvgIpc) is 3.32. The number of likely N-dealkylation sites (tertiary alicyclic amines) is 1. The van der Waals surface area contributed by atoms with Crippen molar-refractivity contribution >= 4 is 5.69 Å². The van der Waals surface area contributed by atoms with Gasteiger partial charge < -0.3 is 9.32 Å². The first-order valence-corrected chi connectivity index (χ1v) is 8.91. The molecule has 26 heavy (non-hydrogen) atoms. The van der Waals surface area contributed by atoms with Gasteiger partial charge in [-0.25, -0.2) is 0 Å². The number of hydrogen-bond acceptors (Lipinski definition) is 6. The summed E-state index contributed by atoms with van der Waals surface area (Å²) in [5, 5.41) is 8.46. The Bertz CT molecular complexity index is 844. The van der Waals surface area contributed by atoms with Gasteiger partial charge in [0.25, 0.3) is 0 Å². The zero-order chi connectivity index (χ0) is 17.9. The van der Waals surface area contributed by atoms with Crippen molar-refractivity contribution in [1.29, 1.82) is 0 Å². The van der Waals surface area contributed by atoms with Crippen LogP contribution in [0.15, 0.2) is 53.2 Å². The van der Waals surface area contributed by atoms with Gasteiger partial charge in [0.1, 0.15) is 0 Å². The first kappa shape index (κ1) is 16.7. The number of rotatable bonds is 5. The molecule has 0 amide bonds. The molecule has 1 atom stereocenters. The van der Waals surface area contributed by atoms with Crippen LogP contribution < -0.4 is 4.90 Å². The number of aromatic nitrogens is 3. The second-order valence-electron chi connectivity index (χ2n) is 6.97. The average molecular weight is 349 g/mol. The van der Waals surface area contributed by atoms with E-state index in [1.807, 2.05) is 12.1 Å². The van der Waals surface area contributed by atoms with E-state index in [2.05, 4.69) is 63.3 Å². The van der Waals surface area contributed by atoms with Gasteiger partial charge in [0, 0.05) is 45.3 Å². The quantitative estimate of drug-likeness (QED) is 0.705. The lowest BCUT2D eigenvalue weighted by Gasteiger charge is -2.17. The van der Waals surface area contributed by atoms with Gasteiger partial charge in [-0.3, -0.25) is 9.88 Å². The lowest BCUT2D eigenvalue weighted by molar-refractivity contribution is 0.320. The van der Waals surface area contributed by atoms with E-state index in [0.717, 1.165) is 37.5 Å². The van der Waals surface area contributed by atoms with E-state index in [1.165, 1.54) is 11.3 Å². The van der Waals surface area contributed by atoms with Gasteiger partial charge in [0.2, 0.25) is 11.8 Å². The molecule has 6 heteroatoms. The summed E-state index contributed by atoms with van der Waals surface area (Å²) in [6, 6.07) is 12.6. The molecule has 1 aliphatic heterocycles. The topological polar surface area (TPSA) is 58.3 Å². The first-order valence-electron chi connectivity index (χ1n) is 8.91. The minimum atomic E-state index is 0.300. The number of pyridine rings is 1. The monoisotopic (exact) mass is 349 g/mol. The van der Waals surface area contributed by atoms with Crippen LogP contribution in [-0.4, -0.2) is 47.3 Å². The van der Waals surface area contributed by atoms with Crippen molar-refractivity contribution in [2.45, 2.75) is 18.9 Å². The molecular weight excluding hydrogens is 326 g/mol. The molecule has 3 aromatic rings. The van der Waals surface area contributed by atoms with E-state index in [4.69, 9.17) is 4.42 Å². The Kier molecular flexibility index (Phi) is 4.67. The van der Waals surface area contributed by atoms with Crippen LogP contribution in [0.4, 0.5) is 5.69 Å². The molecule has 0 aliphatic carbocycles. The highest BCUT2D eigenvalue weighted by atomic mass is 16.4. The largest absolute Gasteiger partial charge is 0.420 e. The van der Waals surface area contributed by atoms with Crippen LogP contribution >= 0.6 is 0 Å². The predicted octanol–water partition coefficient (Wildman–Crippen LogP) is 3.19. The maximum atomic E-state index is 5.90. The molecule has 1 aliphatic rings. The third kappa shape index (κ3) is 3.60. The SMILES string of the molecule is CN(C)c1ccc(CN2CC[C@H](c3nnc(-c4cccnc4)o3)C2)cc1. The highest BCUT2D eigenvalue weighted by molar-refractivity contribution is 5.50. The van der Waals surface area contributed by atoms with E-state index in [0.29, 0.717) is 11.8 Å². The van der Waals surface area contributed by atoms with Crippen molar-refractivity contribution in [3.63, 3.8) is 0 Å². The summed E-state index contributed by atoms with van der Waals surface area (Å²) < 4.78 is 5.90. The molecule has 0 unspecified atom stereocenters. The first-order chi connectivity index (χ1) is 12.7. The third-order valence-electron chi connectivity index (χ3n) is 4.83. The molecule has 4 rings (SSSR count). The summed E-state index contributed by atoms with van der Waals surface area (Å²) in [6.45, 7) is 2.95. The van der Waals surface area contributed by atoms with E-state index in [-0.39, 0.29) is 0 Å². The number of nitrogens with zero attached hydrogens (tertiary/aromatic N) is 5. The summed E-state index contributed by atoms with van der Waals surface area (Å²) in [7, 11) is 4.12. The summed E-state index contributed by atoms with van der Waals surface area (Å²) in [5.41, 5.74) is 3.42. The van der Waals surface area contributed by atoms with Crippen molar-refractivity contribution in [2.24, 2.45) is 0 Å². The van der Waals surface area contributed by atoms with E-state index >= 15 is 0 Å². The number of benzene rings is 1. The highest BCUT2D eigenvalue weighted by Crippen LogP contribution is 2.29. The van der Waals surface area contributed by atoms with E-state index in [9.17, 15) is 0 Å². The van der Waals surface area contributed by atoms with Crippen molar-refractivity contribution in [3.05, 3.63) is 60.2 Å². The molecule has 0 N–H and O–H groups in total. The molecule has 3 heterocycles. The molecule has 1 aromatic carbocycles. The smallest absolute Gasteiger partial charge is 0.249 e. The summed E-state index contributed by atoms with van der Waals surface area (Å²) in [4.78, 5) is 8.67. The van der Waals surface area contributed by atoms with Gasteiger partial charge in [0.05, 0.1) is 11.5 Å². The summed E-state index contributed by atoms with van der Waals surface area (Å²) >= 11 is 0. The van der Waals surface area contributed by atoms with Gasteiger partial charge in [-0.15, -0.1) is 10.2 Å². The van der Waals surface area contributed by atoms with E-state index < -0.39 is 0 Å². The Morgan fingerprint density at radius 3 is 2.73 bits per heavy atom. The Morgan fingerprint density at radius 2 is 2.00 bits per heavy atom. The Labute approximate surface area is 153 Å². The van der Waals surface area contributed by atoms with E-state index in [1.54, 1.807) is 12.4 Å². The van der Waals surface area contributed by atoms with Crippen molar-refractivity contribution in [2.75, 3.05) is 32.1 Å². The molecule has 134 valence electrons. The van der Waals surface area contributed by atoms with Gasteiger partial charge in [0.15, 0.2) is 0 Å². The van der Waals surface area contributed by atoms with Crippen LogP contribution in [0.25, 0.3) is 11.5 Å². The Balaban J connectivity index is 1.39.